The molecule has 1 rings (SSSR count). The van der Waals surface area contributed by atoms with Gasteiger partial charge in [0, 0.05) is 0 Å². The van der Waals surface area contributed by atoms with E-state index in [-0.39, 0.29) is 11.4 Å². The summed E-state index contributed by atoms with van der Waals surface area (Å²) >= 11 is 0. The Morgan fingerprint density at radius 3 is 2.21 bits per heavy atom. The van der Waals surface area contributed by atoms with Gasteiger partial charge in [-0.3, -0.25) is 9.44 Å². The van der Waals surface area contributed by atoms with Crippen molar-refractivity contribution in [1.82, 2.24) is 0 Å². The van der Waals surface area contributed by atoms with E-state index in [4.69, 9.17) is 10.4 Å². The fraction of sp³-hybridized carbons (Fsp3) is 0.222. The van der Waals surface area contributed by atoms with Crippen LogP contribution in [0.3, 0.4) is 0 Å². The van der Waals surface area contributed by atoms with Crippen LogP contribution in [0.15, 0.2) is 24.3 Å². The van der Waals surface area contributed by atoms with E-state index < -0.39 is 25.5 Å². The van der Waals surface area contributed by atoms with Crippen LogP contribution in [0, 0.1) is 11.3 Å². The molecule has 4 N–H and O–H groups in total. The topological polar surface area (TPSA) is 142 Å². The zero-order chi connectivity index (χ0) is 14.7. The van der Waals surface area contributed by atoms with Gasteiger partial charge in [0.2, 0.25) is 10.0 Å². The number of nitrogens with two attached hydrogens (primary N) is 1. The lowest BCUT2D eigenvalue weighted by molar-refractivity contribution is 0.597. The van der Waals surface area contributed by atoms with Crippen molar-refractivity contribution in [2.75, 3.05) is 9.44 Å². The van der Waals surface area contributed by atoms with Gasteiger partial charge in [-0.2, -0.15) is 13.7 Å². The van der Waals surface area contributed by atoms with E-state index in [1.54, 1.807) is 6.07 Å². The van der Waals surface area contributed by atoms with Crippen LogP contribution in [-0.2, 0) is 20.2 Å². The molecule has 1 unspecified atom stereocenters. The van der Waals surface area contributed by atoms with Gasteiger partial charge in [0.05, 0.1) is 17.4 Å². The maximum Gasteiger partial charge on any atom is 0.296 e. The monoisotopic (exact) mass is 304 g/mol. The molecular formula is C9H12N4O4S2. The molecule has 0 saturated heterocycles. The number of nitrogens with one attached hydrogen (secondary N) is 2. The van der Waals surface area contributed by atoms with Gasteiger partial charge in [-0.1, -0.05) is 6.07 Å². The molecular weight excluding hydrogens is 292 g/mol. The van der Waals surface area contributed by atoms with E-state index >= 15 is 0 Å². The van der Waals surface area contributed by atoms with Crippen LogP contribution in [0.2, 0.25) is 0 Å². The molecule has 0 aliphatic rings. The first kappa shape index (κ1) is 15.2. The van der Waals surface area contributed by atoms with E-state index in [2.05, 4.69) is 4.72 Å². The number of anilines is 2. The molecule has 0 radical (unpaired) electrons. The maximum absolute atomic E-state index is 11.6. The van der Waals surface area contributed by atoms with Gasteiger partial charge in [-0.15, -0.1) is 0 Å². The number of nitriles is 1. The number of hydrogen-bond donors (Lipinski definition) is 3. The average molecular weight is 304 g/mol. The Labute approximate surface area is 111 Å². The first-order valence-corrected chi connectivity index (χ1v) is 8.05. The van der Waals surface area contributed by atoms with Gasteiger partial charge < -0.3 is 0 Å². The molecule has 19 heavy (non-hydrogen) atoms. The van der Waals surface area contributed by atoms with Crippen LogP contribution in [0.25, 0.3) is 0 Å². The molecule has 0 aromatic heterocycles. The summed E-state index contributed by atoms with van der Waals surface area (Å²) in [5.41, 5.74) is 0.225. The number of benzene rings is 1. The second-order valence-electron chi connectivity index (χ2n) is 3.65. The maximum atomic E-state index is 11.6. The molecule has 1 aromatic rings. The molecule has 104 valence electrons. The Morgan fingerprint density at radius 1 is 1.21 bits per heavy atom. The zero-order valence-corrected chi connectivity index (χ0v) is 11.5. The summed E-state index contributed by atoms with van der Waals surface area (Å²) in [5, 5.41) is 12.1. The lowest BCUT2D eigenvalue weighted by Gasteiger charge is -2.10. The second-order valence-corrected chi connectivity index (χ2v) is 6.94. The predicted octanol–water partition coefficient (Wildman–Crippen LogP) is -0.0442. The minimum absolute atomic E-state index is 0.104. The summed E-state index contributed by atoms with van der Waals surface area (Å²) in [7, 11) is -7.78. The number of nitrogens with zero attached hydrogens (tertiary/aromatic N) is 1. The van der Waals surface area contributed by atoms with Gasteiger partial charge in [0.15, 0.2) is 5.25 Å². The normalized spacial score (nSPS) is 13.3. The van der Waals surface area contributed by atoms with E-state index in [0.29, 0.717) is 0 Å². The minimum Gasteiger partial charge on any atom is -0.282 e. The standard InChI is InChI=1S/C9H12N4O4S2/c1-7(6-10)18(14,15)12-8-3-2-4-9(5-8)13-19(11,16)17/h2-5,7,12-13H,1H3,(H2,11,16,17). The summed E-state index contributed by atoms with van der Waals surface area (Å²) in [4.78, 5) is 0. The Kier molecular flexibility index (Phi) is 4.35. The summed E-state index contributed by atoms with van der Waals surface area (Å²) in [6.07, 6.45) is 0. The van der Waals surface area contributed by atoms with E-state index in [1.807, 2.05) is 4.72 Å². The van der Waals surface area contributed by atoms with Crippen LogP contribution in [0.1, 0.15) is 6.92 Å². The van der Waals surface area contributed by atoms with Crippen molar-refractivity contribution in [3.05, 3.63) is 24.3 Å². The third-order valence-electron chi connectivity index (χ3n) is 2.03. The van der Waals surface area contributed by atoms with Crippen molar-refractivity contribution in [1.29, 1.82) is 5.26 Å². The number of hydrogen-bond acceptors (Lipinski definition) is 5. The molecule has 1 atom stereocenters. The molecule has 0 bridgehead atoms. The van der Waals surface area contributed by atoms with Crippen LogP contribution in [-0.4, -0.2) is 22.1 Å². The largest absolute Gasteiger partial charge is 0.296 e. The third-order valence-corrected chi connectivity index (χ3v) is 4.11. The third kappa shape index (κ3) is 4.74. The number of rotatable bonds is 5. The highest BCUT2D eigenvalue weighted by Gasteiger charge is 2.20. The Hall–Kier alpha value is -1.83. The molecule has 0 heterocycles. The lowest BCUT2D eigenvalue weighted by atomic mass is 10.3. The fourth-order valence-corrected chi connectivity index (χ4v) is 2.36. The summed E-state index contributed by atoms with van der Waals surface area (Å²) in [6.45, 7) is 1.23. The van der Waals surface area contributed by atoms with Gasteiger partial charge >= 0.3 is 0 Å². The van der Waals surface area contributed by atoms with Gasteiger partial charge in [0.25, 0.3) is 10.2 Å². The molecule has 0 aliphatic heterocycles. The Bertz CT molecular complexity index is 706. The van der Waals surface area contributed by atoms with E-state index in [0.717, 1.165) is 0 Å². The highest BCUT2D eigenvalue weighted by molar-refractivity contribution is 7.93. The van der Waals surface area contributed by atoms with Crippen molar-refractivity contribution in [3.8, 4) is 6.07 Å². The van der Waals surface area contributed by atoms with Crippen LogP contribution >= 0.6 is 0 Å². The summed E-state index contributed by atoms with van der Waals surface area (Å²) in [6, 6.07) is 7.08. The minimum atomic E-state index is -3.94. The molecule has 8 nitrogen and oxygen atoms in total. The molecule has 1 aromatic carbocycles. The second kappa shape index (κ2) is 5.43. The molecule has 0 saturated carbocycles. The van der Waals surface area contributed by atoms with Crippen molar-refractivity contribution < 1.29 is 16.8 Å². The first-order valence-electron chi connectivity index (χ1n) is 4.96. The summed E-state index contributed by atoms with van der Waals surface area (Å²) < 4.78 is 49.1. The van der Waals surface area contributed by atoms with E-state index in [1.165, 1.54) is 31.2 Å². The van der Waals surface area contributed by atoms with Gasteiger partial charge in [0.1, 0.15) is 0 Å². The van der Waals surface area contributed by atoms with Crippen molar-refractivity contribution in [2.45, 2.75) is 12.2 Å². The molecule has 10 heteroatoms. The predicted molar refractivity (Wildman–Crippen MR) is 70.8 cm³/mol. The van der Waals surface area contributed by atoms with Crippen LogP contribution in [0.5, 0.6) is 0 Å². The average Bonchev–Trinajstić information content (AvgIpc) is 2.25. The van der Waals surface area contributed by atoms with Gasteiger partial charge in [-0.05, 0) is 25.1 Å². The molecule has 0 spiro atoms. The highest BCUT2D eigenvalue weighted by atomic mass is 32.2. The van der Waals surface area contributed by atoms with Crippen LogP contribution < -0.4 is 14.6 Å². The quantitative estimate of drug-likeness (QED) is 0.699. The molecule has 0 aliphatic carbocycles. The van der Waals surface area contributed by atoms with Crippen molar-refractivity contribution in [2.24, 2.45) is 5.14 Å². The Morgan fingerprint density at radius 2 is 1.74 bits per heavy atom. The zero-order valence-electron chi connectivity index (χ0n) is 9.86. The lowest BCUT2D eigenvalue weighted by Crippen LogP contribution is -2.24. The van der Waals surface area contributed by atoms with Gasteiger partial charge in [-0.25, -0.2) is 13.6 Å². The fourth-order valence-electron chi connectivity index (χ4n) is 1.13. The van der Waals surface area contributed by atoms with Crippen molar-refractivity contribution >= 4 is 31.6 Å². The SMILES string of the molecule is CC(C#N)S(=O)(=O)Nc1cccc(NS(N)(=O)=O)c1. The smallest absolute Gasteiger partial charge is 0.282 e. The highest BCUT2D eigenvalue weighted by Crippen LogP contribution is 2.17. The molecule has 0 amide bonds. The Balaban J connectivity index is 2.99. The number of sulfonamides is 1. The van der Waals surface area contributed by atoms with E-state index in [9.17, 15) is 16.8 Å². The first-order chi connectivity index (χ1) is 8.64. The molecule has 0 fully saturated rings. The van der Waals surface area contributed by atoms with Crippen molar-refractivity contribution in [3.63, 3.8) is 0 Å². The van der Waals surface area contributed by atoms with Crippen LogP contribution in [0.4, 0.5) is 11.4 Å². The summed E-state index contributed by atoms with van der Waals surface area (Å²) in [5.74, 6) is 0.